The number of aryl methyl sites for hydroxylation is 1. The molecule has 0 aliphatic rings. The van der Waals surface area contributed by atoms with Crippen molar-refractivity contribution >= 4 is 11.6 Å². The first-order chi connectivity index (χ1) is 12.6. The molecular weight excluding hydrogens is 371 g/mol. The number of aromatic nitrogens is 3. The van der Waals surface area contributed by atoms with Gasteiger partial charge in [-0.15, -0.1) is 0 Å². The molecular formula is C15H16F3N5O4. The summed E-state index contributed by atoms with van der Waals surface area (Å²) >= 11 is 0. The Labute approximate surface area is 151 Å². The van der Waals surface area contributed by atoms with Crippen molar-refractivity contribution in [3.8, 4) is 5.88 Å². The van der Waals surface area contributed by atoms with Gasteiger partial charge in [0.2, 0.25) is 11.8 Å². The van der Waals surface area contributed by atoms with E-state index >= 15 is 0 Å². The summed E-state index contributed by atoms with van der Waals surface area (Å²) in [5.41, 5.74) is 0.496. The summed E-state index contributed by atoms with van der Waals surface area (Å²) in [6.07, 6.45) is -3.24. The molecule has 1 amide bonds. The highest BCUT2D eigenvalue weighted by molar-refractivity contribution is 5.75. The highest BCUT2D eigenvalue weighted by atomic mass is 19.4. The second kappa shape index (κ2) is 8.01. The van der Waals surface area contributed by atoms with Gasteiger partial charge in [0.1, 0.15) is 17.9 Å². The molecule has 146 valence electrons. The minimum atomic E-state index is -4.51. The topological polar surface area (TPSA) is 112 Å². The lowest BCUT2D eigenvalue weighted by Crippen LogP contribution is -2.28. The van der Waals surface area contributed by atoms with Crippen LogP contribution in [0.1, 0.15) is 17.0 Å². The summed E-state index contributed by atoms with van der Waals surface area (Å²) in [6.45, 7) is 1.02. The van der Waals surface area contributed by atoms with Crippen LogP contribution in [0.3, 0.4) is 0 Å². The number of nitro groups is 1. The van der Waals surface area contributed by atoms with E-state index in [2.05, 4.69) is 20.1 Å². The number of hydrogen-bond acceptors (Lipinski definition) is 6. The predicted molar refractivity (Wildman–Crippen MR) is 86.0 cm³/mol. The van der Waals surface area contributed by atoms with E-state index in [-0.39, 0.29) is 41.6 Å². The lowest BCUT2D eigenvalue weighted by Gasteiger charge is -2.12. The molecule has 0 radical (unpaired) electrons. The maximum Gasteiger partial charge on any atom is 0.422 e. The van der Waals surface area contributed by atoms with Gasteiger partial charge in [0.15, 0.2) is 6.61 Å². The number of halogens is 3. The third kappa shape index (κ3) is 5.39. The Kier molecular flexibility index (Phi) is 5.98. The molecule has 0 fully saturated rings. The minimum Gasteiger partial charge on any atom is -0.468 e. The smallest absolute Gasteiger partial charge is 0.422 e. The molecule has 0 aromatic carbocycles. The van der Waals surface area contributed by atoms with E-state index in [1.54, 1.807) is 0 Å². The van der Waals surface area contributed by atoms with Crippen LogP contribution >= 0.6 is 0 Å². The molecule has 0 unspecified atom stereocenters. The van der Waals surface area contributed by atoms with Crippen molar-refractivity contribution in [2.45, 2.75) is 33.1 Å². The van der Waals surface area contributed by atoms with Crippen LogP contribution in [0.2, 0.25) is 0 Å². The van der Waals surface area contributed by atoms with Crippen LogP contribution in [-0.4, -0.2) is 38.4 Å². The molecule has 0 bridgehead atoms. The Morgan fingerprint density at radius 1 is 1.41 bits per heavy atom. The molecule has 0 saturated heterocycles. The molecule has 0 spiro atoms. The number of nitrogens with zero attached hydrogens (tertiary/aromatic N) is 4. The highest BCUT2D eigenvalue weighted by Crippen LogP contribution is 2.22. The zero-order valence-corrected chi connectivity index (χ0v) is 14.4. The molecule has 12 heteroatoms. The van der Waals surface area contributed by atoms with Gasteiger partial charge in [-0.2, -0.15) is 18.3 Å². The van der Waals surface area contributed by atoms with Crippen molar-refractivity contribution in [3.05, 3.63) is 45.4 Å². The van der Waals surface area contributed by atoms with Crippen molar-refractivity contribution in [2.75, 3.05) is 6.61 Å². The average Bonchev–Trinajstić information content (AvgIpc) is 2.84. The van der Waals surface area contributed by atoms with Crippen LogP contribution in [0.5, 0.6) is 5.88 Å². The largest absolute Gasteiger partial charge is 0.468 e. The molecule has 2 aromatic heterocycles. The standard InChI is InChI=1S/C15H16F3N5O4/c1-9-13(23(25)26)10(2)22(21-9)7-12(24)20-6-11-4-3-5-19-14(11)27-8-15(16,17)18/h3-5H,6-8H2,1-2H3,(H,20,24). The summed E-state index contributed by atoms with van der Waals surface area (Å²) in [4.78, 5) is 26.2. The van der Waals surface area contributed by atoms with Gasteiger partial charge in [0.25, 0.3) is 0 Å². The fourth-order valence-electron chi connectivity index (χ4n) is 2.33. The van der Waals surface area contributed by atoms with E-state index in [9.17, 15) is 28.1 Å². The number of alkyl halides is 3. The van der Waals surface area contributed by atoms with Gasteiger partial charge in [-0.3, -0.25) is 19.6 Å². The molecule has 2 heterocycles. The first kappa shape index (κ1) is 20.1. The second-order valence-electron chi connectivity index (χ2n) is 5.58. The summed E-state index contributed by atoms with van der Waals surface area (Å²) in [6, 6.07) is 2.96. The van der Waals surface area contributed by atoms with E-state index in [1.807, 2.05) is 0 Å². The molecule has 0 aliphatic carbocycles. The third-order valence-electron chi connectivity index (χ3n) is 3.52. The lowest BCUT2D eigenvalue weighted by atomic mass is 10.2. The van der Waals surface area contributed by atoms with E-state index in [4.69, 9.17) is 0 Å². The maximum atomic E-state index is 12.3. The molecule has 2 rings (SSSR count). The number of ether oxygens (including phenoxy) is 1. The summed E-state index contributed by atoms with van der Waals surface area (Å²) in [7, 11) is 0. The van der Waals surface area contributed by atoms with Crippen LogP contribution < -0.4 is 10.1 Å². The Morgan fingerprint density at radius 3 is 2.70 bits per heavy atom. The molecule has 2 aromatic rings. The summed E-state index contributed by atoms with van der Waals surface area (Å²) < 4.78 is 42.7. The van der Waals surface area contributed by atoms with Gasteiger partial charge in [-0.1, -0.05) is 6.07 Å². The Bertz CT molecular complexity index is 850. The van der Waals surface area contributed by atoms with Crippen molar-refractivity contribution in [1.82, 2.24) is 20.1 Å². The number of amides is 1. The van der Waals surface area contributed by atoms with Gasteiger partial charge in [-0.25, -0.2) is 4.98 Å². The highest BCUT2D eigenvalue weighted by Gasteiger charge is 2.29. The lowest BCUT2D eigenvalue weighted by molar-refractivity contribution is -0.386. The summed E-state index contributed by atoms with van der Waals surface area (Å²) in [5, 5.41) is 17.4. The Balaban J connectivity index is 2.01. The van der Waals surface area contributed by atoms with Crippen molar-refractivity contribution in [3.63, 3.8) is 0 Å². The zero-order chi connectivity index (χ0) is 20.2. The molecule has 0 saturated carbocycles. The van der Waals surface area contributed by atoms with Crippen LogP contribution in [0, 0.1) is 24.0 Å². The van der Waals surface area contributed by atoms with Gasteiger partial charge in [0, 0.05) is 18.3 Å². The number of pyridine rings is 1. The first-order valence-electron chi connectivity index (χ1n) is 7.67. The van der Waals surface area contributed by atoms with E-state index in [0.717, 1.165) is 0 Å². The first-order valence-corrected chi connectivity index (χ1v) is 7.67. The zero-order valence-electron chi connectivity index (χ0n) is 14.4. The minimum absolute atomic E-state index is 0.124. The fraction of sp³-hybridized carbons (Fsp3) is 0.400. The van der Waals surface area contributed by atoms with Gasteiger partial charge >= 0.3 is 11.9 Å². The van der Waals surface area contributed by atoms with Crippen molar-refractivity contribution in [2.24, 2.45) is 0 Å². The summed E-state index contributed by atoms with van der Waals surface area (Å²) in [5.74, 6) is -0.766. The van der Waals surface area contributed by atoms with E-state index in [0.29, 0.717) is 0 Å². The SMILES string of the molecule is Cc1nn(CC(=O)NCc2cccnc2OCC(F)(F)F)c(C)c1[N+](=O)[O-]. The Hall–Kier alpha value is -3.18. The number of hydrogen-bond donors (Lipinski definition) is 1. The fourth-order valence-corrected chi connectivity index (χ4v) is 2.33. The number of carbonyl (C=O) groups is 1. The maximum absolute atomic E-state index is 12.3. The van der Waals surface area contributed by atoms with Crippen LogP contribution in [0.25, 0.3) is 0 Å². The quantitative estimate of drug-likeness (QED) is 0.575. The average molecular weight is 387 g/mol. The molecule has 1 N–H and O–H groups in total. The molecule has 0 aliphatic heterocycles. The Morgan fingerprint density at radius 2 is 2.11 bits per heavy atom. The number of nitrogens with one attached hydrogen (secondary N) is 1. The normalized spacial score (nSPS) is 11.3. The third-order valence-corrected chi connectivity index (χ3v) is 3.52. The van der Waals surface area contributed by atoms with Crippen molar-refractivity contribution in [1.29, 1.82) is 0 Å². The van der Waals surface area contributed by atoms with Crippen LogP contribution in [0.4, 0.5) is 18.9 Å². The molecule has 9 nitrogen and oxygen atoms in total. The predicted octanol–water partition coefficient (Wildman–Crippen LogP) is 2.06. The van der Waals surface area contributed by atoms with Crippen LogP contribution in [-0.2, 0) is 17.9 Å². The van der Waals surface area contributed by atoms with E-state index < -0.39 is 23.6 Å². The van der Waals surface area contributed by atoms with Crippen molar-refractivity contribution < 1.29 is 27.6 Å². The monoisotopic (exact) mass is 387 g/mol. The molecule has 0 atom stereocenters. The van der Waals surface area contributed by atoms with E-state index in [1.165, 1.54) is 36.9 Å². The second-order valence-corrected chi connectivity index (χ2v) is 5.58. The van der Waals surface area contributed by atoms with Crippen LogP contribution in [0.15, 0.2) is 18.3 Å². The van der Waals surface area contributed by atoms with Gasteiger partial charge in [0.05, 0.1) is 4.92 Å². The van der Waals surface area contributed by atoms with Gasteiger partial charge < -0.3 is 10.1 Å². The van der Waals surface area contributed by atoms with Gasteiger partial charge in [-0.05, 0) is 19.9 Å². The number of rotatable bonds is 7. The molecule has 27 heavy (non-hydrogen) atoms. The number of carbonyl (C=O) groups excluding carboxylic acids is 1.